The first-order chi connectivity index (χ1) is 14.0. The van der Waals surface area contributed by atoms with Crippen molar-refractivity contribution in [2.24, 2.45) is 0 Å². The molecule has 2 aromatic heterocycles. The second-order valence-corrected chi connectivity index (χ2v) is 8.00. The van der Waals surface area contributed by atoms with Crippen LogP contribution >= 0.6 is 11.3 Å². The first-order valence-electron chi connectivity index (χ1n) is 10.00. The Morgan fingerprint density at radius 2 is 2.10 bits per heavy atom. The quantitative estimate of drug-likeness (QED) is 0.652. The molecule has 2 aromatic rings. The maximum atomic E-state index is 12.3. The molecular formula is C20H28N4O4S. The number of anilines is 1. The molecular weight excluding hydrogens is 392 g/mol. The predicted molar refractivity (Wildman–Crippen MR) is 113 cm³/mol. The van der Waals surface area contributed by atoms with Crippen LogP contribution in [0.2, 0.25) is 0 Å². The number of methoxy groups -OCH3 is 1. The molecule has 8 nitrogen and oxygen atoms in total. The lowest BCUT2D eigenvalue weighted by molar-refractivity contribution is -0.139. The fourth-order valence-corrected chi connectivity index (χ4v) is 4.83. The first kappa shape index (κ1) is 21.4. The van der Waals surface area contributed by atoms with Crippen molar-refractivity contribution in [1.82, 2.24) is 14.9 Å². The van der Waals surface area contributed by atoms with E-state index < -0.39 is 5.97 Å². The molecule has 1 aliphatic heterocycles. The number of ether oxygens (including phenoxy) is 2. The molecule has 0 bridgehead atoms. The van der Waals surface area contributed by atoms with E-state index in [1.165, 1.54) is 24.9 Å². The minimum atomic E-state index is -0.401. The van der Waals surface area contributed by atoms with Crippen molar-refractivity contribution < 1.29 is 19.1 Å². The summed E-state index contributed by atoms with van der Waals surface area (Å²) in [6.45, 7) is 9.03. The highest BCUT2D eigenvalue weighted by atomic mass is 32.1. The van der Waals surface area contributed by atoms with Crippen molar-refractivity contribution in [2.75, 3.05) is 38.7 Å². The third-order valence-corrected chi connectivity index (χ3v) is 6.40. The van der Waals surface area contributed by atoms with Gasteiger partial charge in [0.15, 0.2) is 0 Å². The monoisotopic (exact) mass is 420 g/mol. The smallest absolute Gasteiger partial charge is 0.348 e. The number of hydrogen-bond donors (Lipinski definition) is 1. The van der Waals surface area contributed by atoms with E-state index >= 15 is 0 Å². The summed E-state index contributed by atoms with van der Waals surface area (Å²) in [7, 11) is 1.34. The number of nitrogens with zero attached hydrogens (tertiary/aromatic N) is 3. The van der Waals surface area contributed by atoms with Gasteiger partial charge in [0.1, 0.15) is 27.8 Å². The highest BCUT2D eigenvalue weighted by molar-refractivity contribution is 7.20. The van der Waals surface area contributed by atoms with Gasteiger partial charge in [0.05, 0.1) is 19.1 Å². The van der Waals surface area contributed by atoms with E-state index in [9.17, 15) is 9.59 Å². The number of hydrogen-bond acceptors (Lipinski definition) is 9. The molecule has 29 heavy (non-hydrogen) atoms. The lowest BCUT2D eigenvalue weighted by Gasteiger charge is -2.23. The lowest BCUT2D eigenvalue weighted by atomic mass is 10.2. The van der Waals surface area contributed by atoms with Crippen LogP contribution in [0.25, 0.3) is 10.2 Å². The van der Waals surface area contributed by atoms with Crippen molar-refractivity contribution in [3.63, 3.8) is 0 Å². The van der Waals surface area contributed by atoms with Crippen LogP contribution in [0.15, 0.2) is 0 Å². The zero-order chi connectivity index (χ0) is 21.0. The Kier molecular flexibility index (Phi) is 7.02. The normalized spacial score (nSPS) is 16.9. The second kappa shape index (κ2) is 9.49. The Morgan fingerprint density at radius 3 is 2.79 bits per heavy atom. The highest BCUT2D eigenvalue weighted by Crippen LogP contribution is 2.34. The second-order valence-electron chi connectivity index (χ2n) is 7.00. The summed E-state index contributed by atoms with van der Waals surface area (Å²) in [5.74, 6) is 0.270. The number of carbonyl (C=O) groups is 2. The van der Waals surface area contributed by atoms with Gasteiger partial charge in [-0.1, -0.05) is 6.92 Å². The number of aromatic nitrogens is 2. The van der Waals surface area contributed by atoms with Crippen LogP contribution in [0.5, 0.6) is 0 Å². The standard InChI is InChI=1S/C20H28N4O4S/c1-5-24-9-7-8-13(24)11-21-18-16-12(3)17(20(26)28-6-2)29-19(16)23-14(22-18)10-15(25)27-4/h13H,5-11H2,1-4H3,(H,21,22,23). The molecule has 0 spiro atoms. The van der Waals surface area contributed by atoms with Crippen molar-refractivity contribution >= 4 is 39.3 Å². The molecule has 0 radical (unpaired) electrons. The molecule has 9 heteroatoms. The van der Waals surface area contributed by atoms with Gasteiger partial charge < -0.3 is 14.8 Å². The maximum Gasteiger partial charge on any atom is 0.348 e. The molecule has 3 heterocycles. The van der Waals surface area contributed by atoms with Crippen molar-refractivity contribution in [2.45, 2.75) is 46.1 Å². The number of carbonyl (C=O) groups excluding carboxylic acids is 2. The third kappa shape index (κ3) is 4.67. The largest absolute Gasteiger partial charge is 0.469 e. The molecule has 0 aliphatic carbocycles. The van der Waals surface area contributed by atoms with Crippen LogP contribution in [0, 0.1) is 6.92 Å². The minimum Gasteiger partial charge on any atom is -0.469 e. The van der Waals surface area contributed by atoms with Gasteiger partial charge in [-0.05, 0) is 45.3 Å². The van der Waals surface area contributed by atoms with Gasteiger partial charge in [-0.15, -0.1) is 11.3 Å². The average Bonchev–Trinajstić information content (AvgIpc) is 3.30. The zero-order valence-corrected chi connectivity index (χ0v) is 18.2. The van der Waals surface area contributed by atoms with Crippen LogP contribution < -0.4 is 5.32 Å². The Bertz CT molecular complexity index is 898. The topological polar surface area (TPSA) is 93.6 Å². The summed E-state index contributed by atoms with van der Waals surface area (Å²) in [6.07, 6.45) is 2.32. The summed E-state index contributed by atoms with van der Waals surface area (Å²) in [4.78, 5) is 36.8. The van der Waals surface area contributed by atoms with Gasteiger partial charge in [-0.3, -0.25) is 9.69 Å². The Balaban J connectivity index is 1.97. The fourth-order valence-electron chi connectivity index (χ4n) is 3.74. The van der Waals surface area contributed by atoms with E-state index in [0.717, 1.165) is 37.0 Å². The van der Waals surface area contributed by atoms with E-state index in [4.69, 9.17) is 9.47 Å². The molecule has 0 aromatic carbocycles. The van der Waals surface area contributed by atoms with Crippen molar-refractivity contribution in [1.29, 1.82) is 0 Å². The van der Waals surface area contributed by atoms with Crippen molar-refractivity contribution in [3.8, 4) is 0 Å². The van der Waals surface area contributed by atoms with Gasteiger partial charge in [0.2, 0.25) is 0 Å². The van der Waals surface area contributed by atoms with E-state index in [2.05, 4.69) is 27.1 Å². The number of likely N-dealkylation sites (N-methyl/N-ethyl adjacent to an activating group) is 1. The lowest BCUT2D eigenvalue weighted by Crippen LogP contribution is -2.34. The number of nitrogens with one attached hydrogen (secondary N) is 1. The third-order valence-electron chi connectivity index (χ3n) is 5.24. The Morgan fingerprint density at radius 1 is 1.31 bits per heavy atom. The molecule has 1 atom stereocenters. The summed E-state index contributed by atoms with van der Waals surface area (Å²) >= 11 is 1.27. The van der Waals surface area contributed by atoms with Crippen LogP contribution in [0.3, 0.4) is 0 Å². The van der Waals surface area contributed by atoms with E-state index in [-0.39, 0.29) is 12.4 Å². The number of likely N-dealkylation sites (tertiary alicyclic amines) is 1. The van der Waals surface area contributed by atoms with Crippen LogP contribution in [-0.4, -0.2) is 66.2 Å². The van der Waals surface area contributed by atoms with Crippen LogP contribution in [0.4, 0.5) is 5.82 Å². The summed E-state index contributed by atoms with van der Waals surface area (Å²) in [5.41, 5.74) is 0.800. The first-order valence-corrected chi connectivity index (χ1v) is 10.8. The van der Waals surface area contributed by atoms with Gasteiger partial charge in [0.25, 0.3) is 0 Å². The maximum absolute atomic E-state index is 12.3. The number of thiophene rings is 1. The predicted octanol–water partition coefficient (Wildman–Crippen LogP) is 2.79. The summed E-state index contributed by atoms with van der Waals surface area (Å²) in [6, 6.07) is 0.442. The molecule has 0 saturated carbocycles. The fraction of sp³-hybridized carbons (Fsp3) is 0.600. The van der Waals surface area contributed by atoms with Gasteiger partial charge in [-0.2, -0.15) is 0 Å². The number of esters is 2. The number of rotatable bonds is 8. The molecule has 1 aliphatic rings. The number of fused-ring (bicyclic) bond motifs is 1. The van der Waals surface area contributed by atoms with Gasteiger partial charge in [-0.25, -0.2) is 14.8 Å². The zero-order valence-electron chi connectivity index (χ0n) is 17.4. The van der Waals surface area contributed by atoms with E-state index in [1.807, 2.05) is 6.92 Å². The minimum absolute atomic E-state index is 0.0165. The van der Waals surface area contributed by atoms with Crippen molar-refractivity contribution in [3.05, 3.63) is 16.3 Å². The SMILES string of the molecule is CCOC(=O)c1sc2nc(CC(=O)OC)nc(NCC3CCCN3CC)c2c1C. The van der Waals surface area contributed by atoms with E-state index in [1.54, 1.807) is 6.92 Å². The molecule has 1 saturated heterocycles. The average molecular weight is 421 g/mol. The Hall–Kier alpha value is -2.26. The number of aryl methyl sites for hydroxylation is 1. The van der Waals surface area contributed by atoms with Gasteiger partial charge >= 0.3 is 11.9 Å². The molecule has 158 valence electrons. The van der Waals surface area contributed by atoms with E-state index in [0.29, 0.717) is 34.0 Å². The molecule has 0 amide bonds. The summed E-state index contributed by atoms with van der Waals surface area (Å²) in [5, 5.41) is 4.27. The van der Waals surface area contributed by atoms with Crippen LogP contribution in [-0.2, 0) is 20.7 Å². The highest BCUT2D eigenvalue weighted by Gasteiger charge is 2.25. The van der Waals surface area contributed by atoms with Crippen LogP contribution in [0.1, 0.15) is 47.7 Å². The molecule has 1 unspecified atom stereocenters. The molecule has 1 fully saturated rings. The van der Waals surface area contributed by atoms with Gasteiger partial charge in [0, 0.05) is 12.6 Å². The Labute approximate surface area is 174 Å². The molecule has 1 N–H and O–H groups in total. The molecule has 3 rings (SSSR count). The summed E-state index contributed by atoms with van der Waals surface area (Å²) < 4.78 is 9.94.